The highest BCUT2D eigenvalue weighted by Crippen LogP contribution is 2.24. The number of aryl methyl sites for hydroxylation is 1. The molecule has 0 bridgehead atoms. The molecular weight excluding hydrogens is 490 g/mol. The van der Waals surface area contributed by atoms with Crippen LogP contribution < -0.4 is 20.3 Å². The first-order valence-corrected chi connectivity index (χ1v) is 13.4. The summed E-state index contributed by atoms with van der Waals surface area (Å²) in [6, 6.07) is 14.5. The smallest absolute Gasteiger partial charge is 0.261 e. The molecule has 0 atom stereocenters. The van der Waals surface area contributed by atoms with Crippen molar-refractivity contribution in [2.45, 2.75) is 25.7 Å². The minimum atomic E-state index is -3.71. The van der Waals surface area contributed by atoms with Gasteiger partial charge in [-0.15, -0.1) is 0 Å². The predicted molar refractivity (Wildman–Crippen MR) is 146 cm³/mol. The predicted octanol–water partition coefficient (Wildman–Crippen LogP) is 3.75. The van der Waals surface area contributed by atoms with Gasteiger partial charge in [-0.05, 0) is 56.3 Å². The van der Waals surface area contributed by atoms with Crippen LogP contribution in [0, 0.1) is 6.92 Å². The van der Waals surface area contributed by atoms with Crippen LogP contribution in [0.25, 0.3) is 0 Å². The third-order valence-corrected chi connectivity index (χ3v) is 7.39. The van der Waals surface area contributed by atoms with Crippen molar-refractivity contribution in [3.05, 3.63) is 72.6 Å². The minimum absolute atomic E-state index is 0.115. The van der Waals surface area contributed by atoms with Crippen molar-refractivity contribution in [2.24, 2.45) is 0 Å². The molecule has 11 heteroatoms. The van der Waals surface area contributed by atoms with Crippen molar-refractivity contribution >= 4 is 44.8 Å². The lowest BCUT2D eigenvalue weighted by atomic mass is 10.2. The summed E-state index contributed by atoms with van der Waals surface area (Å²) >= 11 is 0. The summed E-state index contributed by atoms with van der Waals surface area (Å²) in [5.74, 6) is 1.08. The Morgan fingerprint density at radius 3 is 2.32 bits per heavy atom. The van der Waals surface area contributed by atoms with E-state index >= 15 is 0 Å². The quantitative estimate of drug-likeness (QED) is 0.410. The van der Waals surface area contributed by atoms with Crippen LogP contribution in [0.5, 0.6) is 0 Å². The van der Waals surface area contributed by atoms with E-state index in [2.05, 4.69) is 36.8 Å². The monoisotopic (exact) mass is 521 g/mol. The average molecular weight is 522 g/mol. The summed E-state index contributed by atoms with van der Waals surface area (Å²) in [5.41, 5.74) is 3.64. The molecule has 1 fully saturated rings. The number of sulfonamides is 1. The van der Waals surface area contributed by atoms with Crippen LogP contribution in [0.2, 0.25) is 0 Å². The van der Waals surface area contributed by atoms with E-state index in [0.29, 0.717) is 23.2 Å². The van der Waals surface area contributed by atoms with E-state index in [0.717, 1.165) is 43.1 Å². The minimum Gasteiger partial charge on any atom is -0.368 e. The number of amides is 1. The van der Waals surface area contributed by atoms with Crippen LogP contribution in [0.3, 0.4) is 0 Å². The van der Waals surface area contributed by atoms with E-state index in [1.807, 2.05) is 36.1 Å². The van der Waals surface area contributed by atoms with Crippen LogP contribution >= 0.6 is 0 Å². The first kappa shape index (κ1) is 26.0. The number of carbonyl (C=O) groups excluding carboxylic acids is 1. The maximum atomic E-state index is 12.5. The molecule has 0 saturated carbocycles. The Labute approximate surface area is 217 Å². The zero-order valence-electron chi connectivity index (χ0n) is 21.2. The SMILES string of the molecule is C=C(C)NS(=O)(=O)c1cccc(Nc2nc(Nc3ccc(N4CCN(C(C)=O)CC4)cc3)ncc2C)c1. The van der Waals surface area contributed by atoms with Gasteiger partial charge in [-0.1, -0.05) is 12.6 Å². The van der Waals surface area contributed by atoms with Gasteiger partial charge in [-0.2, -0.15) is 4.98 Å². The summed E-state index contributed by atoms with van der Waals surface area (Å²) in [6.07, 6.45) is 1.70. The maximum Gasteiger partial charge on any atom is 0.261 e. The van der Waals surface area contributed by atoms with Gasteiger partial charge in [0.2, 0.25) is 11.9 Å². The number of anilines is 5. The average Bonchev–Trinajstić information content (AvgIpc) is 2.86. The van der Waals surface area contributed by atoms with Gasteiger partial charge >= 0.3 is 0 Å². The van der Waals surface area contributed by atoms with Gasteiger partial charge in [0.1, 0.15) is 5.82 Å². The molecule has 4 rings (SSSR count). The standard InChI is InChI=1S/C26H31N7O3S/c1-18(2)31-37(35,36)24-7-5-6-22(16-24)28-25-19(3)17-27-26(30-25)29-21-8-10-23(11-9-21)33-14-12-32(13-15-33)20(4)34/h5-11,16-17,31H,1,12-15H2,2-4H3,(H2,27,28,29,30). The van der Waals surface area contributed by atoms with Gasteiger partial charge in [0.05, 0.1) is 4.90 Å². The van der Waals surface area contributed by atoms with Gasteiger partial charge in [0, 0.05) is 67.6 Å². The highest BCUT2D eigenvalue weighted by Gasteiger charge is 2.19. The summed E-state index contributed by atoms with van der Waals surface area (Å²) < 4.78 is 27.4. The van der Waals surface area contributed by atoms with Crippen molar-refractivity contribution in [2.75, 3.05) is 41.7 Å². The maximum absolute atomic E-state index is 12.5. The van der Waals surface area contributed by atoms with Crippen LogP contribution in [-0.2, 0) is 14.8 Å². The molecule has 2 heterocycles. The third-order valence-electron chi connectivity index (χ3n) is 5.90. The molecule has 10 nitrogen and oxygen atoms in total. The van der Waals surface area contributed by atoms with Crippen molar-refractivity contribution in [3.63, 3.8) is 0 Å². The largest absolute Gasteiger partial charge is 0.368 e. The van der Waals surface area contributed by atoms with E-state index in [9.17, 15) is 13.2 Å². The molecule has 3 N–H and O–H groups in total. The molecular formula is C26H31N7O3S. The number of nitrogens with one attached hydrogen (secondary N) is 3. The Kier molecular flexibility index (Phi) is 7.63. The van der Waals surface area contributed by atoms with E-state index in [4.69, 9.17) is 0 Å². The molecule has 0 spiro atoms. The molecule has 1 amide bonds. The lowest BCUT2D eigenvalue weighted by Gasteiger charge is -2.35. The Morgan fingerprint density at radius 2 is 1.68 bits per heavy atom. The summed E-state index contributed by atoms with van der Waals surface area (Å²) in [4.78, 5) is 24.7. The van der Waals surface area contributed by atoms with E-state index in [-0.39, 0.29) is 10.8 Å². The van der Waals surface area contributed by atoms with Gasteiger partial charge in [0.25, 0.3) is 10.0 Å². The highest BCUT2D eigenvalue weighted by atomic mass is 32.2. The number of benzene rings is 2. The Bertz CT molecular complexity index is 1400. The van der Waals surface area contributed by atoms with Crippen LogP contribution in [0.15, 0.2) is 71.9 Å². The molecule has 1 aromatic heterocycles. The van der Waals surface area contributed by atoms with Crippen molar-refractivity contribution in [1.82, 2.24) is 19.6 Å². The Morgan fingerprint density at radius 1 is 0.973 bits per heavy atom. The molecule has 194 valence electrons. The topological polar surface area (TPSA) is 120 Å². The number of nitrogens with zero attached hydrogens (tertiary/aromatic N) is 4. The summed E-state index contributed by atoms with van der Waals surface area (Å²) in [7, 11) is -3.71. The fraction of sp³-hybridized carbons (Fsp3) is 0.269. The first-order valence-electron chi connectivity index (χ1n) is 11.9. The van der Waals surface area contributed by atoms with Crippen molar-refractivity contribution in [1.29, 1.82) is 0 Å². The molecule has 2 aromatic carbocycles. The fourth-order valence-electron chi connectivity index (χ4n) is 3.96. The van der Waals surface area contributed by atoms with Crippen LogP contribution in [0.1, 0.15) is 19.4 Å². The first-order chi connectivity index (χ1) is 17.6. The molecule has 0 radical (unpaired) electrons. The van der Waals surface area contributed by atoms with Gasteiger partial charge in [-0.25, -0.2) is 13.4 Å². The fourth-order valence-corrected chi connectivity index (χ4v) is 5.08. The zero-order valence-corrected chi connectivity index (χ0v) is 22.0. The second kappa shape index (κ2) is 10.9. The van der Waals surface area contributed by atoms with Crippen LogP contribution in [0.4, 0.5) is 28.8 Å². The van der Waals surface area contributed by atoms with Gasteiger partial charge < -0.3 is 20.4 Å². The number of piperazine rings is 1. The second-order valence-corrected chi connectivity index (χ2v) is 10.6. The Hall–Kier alpha value is -4.12. The number of aromatic nitrogens is 2. The second-order valence-electron chi connectivity index (χ2n) is 8.93. The molecule has 37 heavy (non-hydrogen) atoms. The van der Waals surface area contributed by atoms with E-state index in [1.165, 1.54) is 12.1 Å². The van der Waals surface area contributed by atoms with Crippen molar-refractivity contribution in [3.8, 4) is 0 Å². The van der Waals surface area contributed by atoms with Crippen molar-refractivity contribution < 1.29 is 13.2 Å². The van der Waals surface area contributed by atoms with E-state index in [1.54, 1.807) is 32.2 Å². The molecule has 1 aliphatic rings. The lowest BCUT2D eigenvalue weighted by molar-refractivity contribution is -0.129. The number of hydrogen-bond donors (Lipinski definition) is 3. The number of rotatable bonds is 8. The number of allylic oxidation sites excluding steroid dienone is 1. The molecule has 1 aliphatic heterocycles. The molecule has 0 aliphatic carbocycles. The van der Waals surface area contributed by atoms with Gasteiger partial charge in [-0.3, -0.25) is 9.52 Å². The summed E-state index contributed by atoms with van der Waals surface area (Å²) in [5, 5.41) is 6.40. The zero-order chi connectivity index (χ0) is 26.6. The highest BCUT2D eigenvalue weighted by molar-refractivity contribution is 7.89. The third kappa shape index (κ3) is 6.56. The van der Waals surface area contributed by atoms with E-state index < -0.39 is 10.0 Å². The Balaban J connectivity index is 1.44. The lowest BCUT2D eigenvalue weighted by Crippen LogP contribution is -2.48. The molecule has 1 saturated heterocycles. The number of hydrogen-bond acceptors (Lipinski definition) is 8. The number of carbonyl (C=O) groups is 1. The van der Waals surface area contributed by atoms with Gasteiger partial charge in [0.15, 0.2) is 0 Å². The molecule has 0 unspecified atom stereocenters. The normalized spacial score (nSPS) is 13.7. The molecule has 3 aromatic rings. The van der Waals surface area contributed by atoms with Crippen LogP contribution in [-0.4, -0.2) is 55.4 Å². The summed E-state index contributed by atoms with van der Waals surface area (Å²) in [6.45, 7) is 11.7.